The first kappa shape index (κ1) is 17.0. The monoisotopic (exact) mass is 366 g/mol. The van der Waals surface area contributed by atoms with Crippen LogP contribution >= 0.6 is 0 Å². The molecule has 0 amide bonds. The number of carboxylic acids is 1. The number of carboxylic acid groups (broad SMARTS) is 1. The van der Waals surface area contributed by atoms with Crippen LogP contribution in [0.15, 0.2) is 36.7 Å². The molecule has 0 radical (unpaired) electrons. The number of methoxy groups -OCH3 is 2. The third-order valence-corrected chi connectivity index (χ3v) is 4.52. The fourth-order valence-corrected chi connectivity index (χ4v) is 3.05. The summed E-state index contributed by atoms with van der Waals surface area (Å²) in [7, 11) is 3.18. The van der Waals surface area contributed by atoms with Crippen molar-refractivity contribution in [3.05, 3.63) is 47.9 Å². The minimum Gasteiger partial charge on any atom is -0.497 e. The highest BCUT2D eigenvalue weighted by atomic mass is 16.5. The van der Waals surface area contributed by atoms with Gasteiger partial charge in [0, 0.05) is 17.7 Å². The Bertz CT molecular complexity index is 1010. The Morgan fingerprint density at radius 2 is 2.04 bits per heavy atom. The minimum atomic E-state index is -0.992. The maximum absolute atomic E-state index is 11.5. The summed E-state index contributed by atoms with van der Waals surface area (Å²) in [5.41, 5.74) is 2.23. The van der Waals surface area contributed by atoms with Crippen molar-refractivity contribution in [1.29, 1.82) is 0 Å². The quantitative estimate of drug-likeness (QED) is 0.716. The number of hydrogen-bond donors (Lipinski definition) is 1. The van der Waals surface area contributed by atoms with Crippen LogP contribution in [0.1, 0.15) is 34.8 Å². The van der Waals surface area contributed by atoms with Crippen LogP contribution in [0, 0.1) is 0 Å². The number of ether oxygens (including phenoxy) is 2. The van der Waals surface area contributed by atoms with Crippen molar-refractivity contribution in [2.45, 2.75) is 18.8 Å². The number of aromatic nitrogens is 4. The predicted octanol–water partition coefficient (Wildman–Crippen LogP) is 2.92. The van der Waals surface area contributed by atoms with Crippen molar-refractivity contribution in [3.8, 4) is 28.7 Å². The molecule has 0 atom stereocenters. The van der Waals surface area contributed by atoms with Gasteiger partial charge >= 0.3 is 5.97 Å². The lowest BCUT2D eigenvalue weighted by atomic mass is 10.1. The molecule has 1 aliphatic rings. The molecule has 0 unspecified atom stereocenters. The molecule has 0 saturated heterocycles. The Labute approximate surface area is 155 Å². The van der Waals surface area contributed by atoms with Crippen molar-refractivity contribution in [1.82, 2.24) is 19.7 Å². The van der Waals surface area contributed by atoms with Crippen LogP contribution in [-0.4, -0.2) is 45.0 Å². The lowest BCUT2D eigenvalue weighted by molar-refractivity contribution is 0.0695. The van der Waals surface area contributed by atoms with Crippen LogP contribution in [-0.2, 0) is 0 Å². The Kier molecular flexibility index (Phi) is 4.23. The van der Waals surface area contributed by atoms with Crippen LogP contribution in [0.25, 0.3) is 17.2 Å². The van der Waals surface area contributed by atoms with E-state index in [2.05, 4.69) is 15.1 Å². The minimum absolute atomic E-state index is 0.178. The molecule has 1 saturated carbocycles. The van der Waals surface area contributed by atoms with Crippen LogP contribution in [0.5, 0.6) is 11.5 Å². The number of hydrogen-bond acceptors (Lipinski definition) is 6. The Hall–Kier alpha value is -3.42. The van der Waals surface area contributed by atoms with Gasteiger partial charge in [-0.2, -0.15) is 5.10 Å². The third kappa shape index (κ3) is 3.10. The molecule has 8 nitrogen and oxygen atoms in total. The van der Waals surface area contributed by atoms with Crippen molar-refractivity contribution >= 4 is 5.97 Å². The predicted molar refractivity (Wildman–Crippen MR) is 96.6 cm³/mol. The lowest BCUT2D eigenvalue weighted by Gasteiger charge is -2.11. The topological polar surface area (TPSA) is 99.4 Å². The van der Waals surface area contributed by atoms with Gasteiger partial charge in [0.15, 0.2) is 0 Å². The molecule has 2 heterocycles. The zero-order valence-electron chi connectivity index (χ0n) is 14.9. The summed E-state index contributed by atoms with van der Waals surface area (Å²) in [5.74, 6) is 0.837. The number of carbonyl (C=O) groups is 1. The highest BCUT2D eigenvalue weighted by Gasteiger charge is 2.33. The second kappa shape index (κ2) is 6.71. The lowest BCUT2D eigenvalue weighted by Crippen LogP contribution is -2.09. The maximum Gasteiger partial charge on any atom is 0.339 e. The first-order valence-electron chi connectivity index (χ1n) is 8.49. The van der Waals surface area contributed by atoms with E-state index in [0.29, 0.717) is 28.8 Å². The maximum atomic E-state index is 11.5. The molecule has 1 aliphatic carbocycles. The Morgan fingerprint density at radius 3 is 2.70 bits per heavy atom. The summed E-state index contributed by atoms with van der Waals surface area (Å²) in [4.78, 5) is 20.4. The molecule has 8 heteroatoms. The van der Waals surface area contributed by atoms with E-state index in [1.54, 1.807) is 26.5 Å². The van der Waals surface area contributed by atoms with E-state index in [1.165, 1.54) is 10.9 Å². The number of benzene rings is 1. The smallest absolute Gasteiger partial charge is 0.339 e. The zero-order chi connectivity index (χ0) is 19.0. The molecule has 1 N–H and O–H groups in total. The van der Waals surface area contributed by atoms with Gasteiger partial charge in [-0.3, -0.25) is 0 Å². The summed E-state index contributed by atoms with van der Waals surface area (Å²) in [6.07, 6.45) is 4.86. The van der Waals surface area contributed by atoms with Gasteiger partial charge in [0.25, 0.3) is 5.95 Å². The normalized spacial score (nSPS) is 13.4. The van der Waals surface area contributed by atoms with Gasteiger partial charge in [-0.25, -0.2) is 19.4 Å². The molecular formula is C19H18N4O4. The molecule has 1 fully saturated rings. The van der Waals surface area contributed by atoms with Crippen LogP contribution < -0.4 is 9.47 Å². The van der Waals surface area contributed by atoms with E-state index in [-0.39, 0.29) is 11.5 Å². The van der Waals surface area contributed by atoms with E-state index < -0.39 is 5.97 Å². The van der Waals surface area contributed by atoms with Gasteiger partial charge in [0.2, 0.25) is 0 Å². The molecule has 0 aliphatic heterocycles. The molecule has 3 aromatic rings. The SMILES string of the molecule is COc1ccc(OC)c(-c2ccnc(-n3ncc(C(=O)O)c3C3CC3)n2)c1. The fraction of sp³-hybridized carbons (Fsp3) is 0.263. The molecule has 0 bridgehead atoms. The van der Waals surface area contributed by atoms with Gasteiger partial charge in [-0.1, -0.05) is 0 Å². The number of aromatic carboxylic acids is 1. The van der Waals surface area contributed by atoms with Crippen molar-refractivity contribution in [2.24, 2.45) is 0 Å². The summed E-state index contributed by atoms with van der Waals surface area (Å²) in [6.45, 7) is 0. The van der Waals surface area contributed by atoms with Gasteiger partial charge in [0.1, 0.15) is 17.1 Å². The van der Waals surface area contributed by atoms with E-state index in [1.807, 2.05) is 18.2 Å². The van der Waals surface area contributed by atoms with Crippen LogP contribution in [0.2, 0.25) is 0 Å². The summed E-state index contributed by atoms with van der Waals surface area (Å²) >= 11 is 0. The highest BCUT2D eigenvalue weighted by molar-refractivity contribution is 5.89. The average Bonchev–Trinajstić information content (AvgIpc) is 3.44. The standard InChI is InChI=1S/C19H18N4O4/c1-26-12-5-6-16(27-2)13(9-12)15-7-8-20-19(22-15)23-17(11-3-4-11)14(10-21-23)18(24)25/h5-11H,3-4H2,1-2H3,(H,24,25). The molecule has 2 aromatic heterocycles. The molecule has 4 rings (SSSR count). The first-order valence-corrected chi connectivity index (χ1v) is 8.49. The van der Waals surface area contributed by atoms with Crippen molar-refractivity contribution in [3.63, 3.8) is 0 Å². The second-order valence-corrected chi connectivity index (χ2v) is 6.24. The van der Waals surface area contributed by atoms with E-state index >= 15 is 0 Å². The second-order valence-electron chi connectivity index (χ2n) is 6.24. The van der Waals surface area contributed by atoms with Crippen LogP contribution in [0.3, 0.4) is 0 Å². The van der Waals surface area contributed by atoms with E-state index in [0.717, 1.165) is 18.4 Å². The third-order valence-electron chi connectivity index (χ3n) is 4.52. The number of rotatable bonds is 6. The van der Waals surface area contributed by atoms with Gasteiger partial charge in [-0.15, -0.1) is 0 Å². The van der Waals surface area contributed by atoms with Gasteiger partial charge in [0.05, 0.1) is 31.8 Å². The number of nitrogens with zero attached hydrogens (tertiary/aromatic N) is 4. The molecule has 27 heavy (non-hydrogen) atoms. The fourth-order valence-electron chi connectivity index (χ4n) is 3.05. The zero-order valence-corrected chi connectivity index (χ0v) is 14.9. The average molecular weight is 366 g/mol. The highest BCUT2D eigenvalue weighted by Crippen LogP contribution is 2.42. The summed E-state index contributed by atoms with van der Waals surface area (Å²) in [6, 6.07) is 7.21. The Balaban J connectivity index is 1.82. The van der Waals surface area contributed by atoms with Gasteiger partial charge < -0.3 is 14.6 Å². The summed E-state index contributed by atoms with van der Waals surface area (Å²) < 4.78 is 12.3. The molecule has 1 aromatic carbocycles. The molecule has 138 valence electrons. The largest absolute Gasteiger partial charge is 0.497 e. The van der Waals surface area contributed by atoms with Crippen molar-refractivity contribution in [2.75, 3.05) is 14.2 Å². The Morgan fingerprint density at radius 1 is 1.22 bits per heavy atom. The van der Waals surface area contributed by atoms with E-state index in [9.17, 15) is 9.90 Å². The first-order chi connectivity index (χ1) is 13.1. The summed E-state index contributed by atoms with van der Waals surface area (Å²) in [5, 5.41) is 13.7. The van der Waals surface area contributed by atoms with E-state index in [4.69, 9.17) is 9.47 Å². The molecule has 0 spiro atoms. The van der Waals surface area contributed by atoms with Crippen molar-refractivity contribution < 1.29 is 19.4 Å². The van der Waals surface area contributed by atoms with Crippen LogP contribution in [0.4, 0.5) is 0 Å². The van der Waals surface area contributed by atoms with Gasteiger partial charge in [-0.05, 0) is 37.1 Å². The molecular weight excluding hydrogens is 348 g/mol.